The van der Waals surface area contributed by atoms with Crippen LogP contribution in [-0.4, -0.2) is 13.2 Å². The molecule has 1 aliphatic rings. The highest BCUT2D eigenvalue weighted by Gasteiger charge is 2.13. The van der Waals surface area contributed by atoms with Crippen molar-refractivity contribution in [2.75, 3.05) is 7.11 Å². The van der Waals surface area contributed by atoms with E-state index in [-0.39, 0.29) is 0 Å². The molecule has 0 bridgehead atoms. The van der Waals surface area contributed by atoms with E-state index >= 15 is 0 Å². The zero-order valence-electron chi connectivity index (χ0n) is 13.6. The second kappa shape index (κ2) is 7.89. The molecule has 2 aromatic rings. The van der Waals surface area contributed by atoms with Crippen molar-refractivity contribution in [2.45, 2.75) is 51.1 Å². The normalized spacial score (nSPS) is 16.3. The monoisotopic (exact) mass is 333 g/mol. The third-order valence-corrected chi connectivity index (χ3v) is 4.81. The number of ether oxygens (including phenoxy) is 1. The van der Waals surface area contributed by atoms with Crippen molar-refractivity contribution in [3.05, 3.63) is 41.1 Å². The Kier molecular flexibility index (Phi) is 5.63. The van der Waals surface area contributed by atoms with E-state index in [0.29, 0.717) is 16.8 Å². The lowest BCUT2D eigenvalue weighted by Gasteiger charge is -2.14. The van der Waals surface area contributed by atoms with Crippen molar-refractivity contribution < 1.29 is 9.15 Å². The maximum absolute atomic E-state index is 6.19. The minimum atomic E-state index is 0.597. The molecule has 1 aromatic heterocycles. The first-order valence-corrected chi connectivity index (χ1v) is 8.80. The smallest absolute Gasteiger partial charge is 0.137 e. The highest BCUT2D eigenvalue weighted by molar-refractivity contribution is 6.32. The number of rotatable bonds is 5. The van der Waals surface area contributed by atoms with Gasteiger partial charge in [-0.15, -0.1) is 0 Å². The van der Waals surface area contributed by atoms with Gasteiger partial charge in [-0.1, -0.05) is 37.3 Å². The number of methoxy groups -OCH3 is 1. The van der Waals surface area contributed by atoms with Gasteiger partial charge in [-0.2, -0.15) is 0 Å². The summed E-state index contributed by atoms with van der Waals surface area (Å²) in [6.45, 7) is 0.786. The summed E-state index contributed by atoms with van der Waals surface area (Å²) in [7, 11) is 1.62. The van der Waals surface area contributed by atoms with Gasteiger partial charge in [-0.3, -0.25) is 0 Å². The lowest BCUT2D eigenvalue weighted by molar-refractivity contribution is 0.414. The Morgan fingerprint density at radius 2 is 1.91 bits per heavy atom. The minimum Gasteiger partial charge on any atom is -0.495 e. The average Bonchev–Trinajstić information content (AvgIpc) is 2.88. The van der Waals surface area contributed by atoms with Crippen molar-refractivity contribution in [2.24, 2.45) is 0 Å². The maximum Gasteiger partial charge on any atom is 0.137 e. The Hall–Kier alpha value is -1.45. The zero-order chi connectivity index (χ0) is 16.1. The summed E-state index contributed by atoms with van der Waals surface area (Å²) in [5, 5.41) is 4.23. The van der Waals surface area contributed by atoms with Gasteiger partial charge in [0.15, 0.2) is 0 Å². The number of hydrogen-bond acceptors (Lipinski definition) is 3. The molecule has 3 rings (SSSR count). The Balaban J connectivity index is 1.62. The third-order valence-electron chi connectivity index (χ3n) is 4.52. The number of benzene rings is 1. The Bertz CT molecular complexity index is 630. The molecule has 3 nitrogen and oxygen atoms in total. The summed E-state index contributed by atoms with van der Waals surface area (Å²) >= 11 is 6.19. The SMILES string of the molecule is COc1ccc(-c2ccc(CNC3CCCCCC3)o2)cc1Cl. The van der Waals surface area contributed by atoms with Crippen molar-refractivity contribution in [3.63, 3.8) is 0 Å². The number of furan rings is 1. The van der Waals surface area contributed by atoms with Crippen molar-refractivity contribution in [3.8, 4) is 17.1 Å². The Morgan fingerprint density at radius 1 is 1.13 bits per heavy atom. The predicted octanol–water partition coefficient (Wildman–Crippen LogP) is 5.42. The van der Waals surface area contributed by atoms with Crippen LogP contribution < -0.4 is 10.1 Å². The van der Waals surface area contributed by atoms with Gasteiger partial charge < -0.3 is 14.5 Å². The summed E-state index contributed by atoms with van der Waals surface area (Å²) < 4.78 is 11.1. The van der Waals surface area contributed by atoms with Crippen LogP contribution in [0.25, 0.3) is 11.3 Å². The summed E-state index contributed by atoms with van der Waals surface area (Å²) in [4.78, 5) is 0. The molecule has 0 atom stereocenters. The van der Waals surface area contributed by atoms with E-state index in [1.165, 1.54) is 38.5 Å². The first kappa shape index (κ1) is 16.4. The number of halogens is 1. The van der Waals surface area contributed by atoms with Crippen LogP contribution in [0.5, 0.6) is 5.75 Å². The van der Waals surface area contributed by atoms with E-state index in [4.69, 9.17) is 20.8 Å². The molecule has 0 saturated heterocycles. The predicted molar refractivity (Wildman–Crippen MR) is 94.0 cm³/mol. The molecule has 1 saturated carbocycles. The van der Waals surface area contributed by atoms with Crippen LogP contribution in [0, 0.1) is 0 Å². The minimum absolute atomic E-state index is 0.597. The molecule has 1 fully saturated rings. The van der Waals surface area contributed by atoms with Gasteiger partial charge in [0.2, 0.25) is 0 Å². The topological polar surface area (TPSA) is 34.4 Å². The van der Waals surface area contributed by atoms with Crippen LogP contribution in [0.1, 0.15) is 44.3 Å². The van der Waals surface area contributed by atoms with Crippen molar-refractivity contribution in [1.82, 2.24) is 5.32 Å². The first-order valence-electron chi connectivity index (χ1n) is 8.42. The molecule has 4 heteroatoms. The fourth-order valence-electron chi connectivity index (χ4n) is 3.18. The fourth-order valence-corrected chi connectivity index (χ4v) is 3.43. The van der Waals surface area contributed by atoms with E-state index in [1.807, 2.05) is 30.3 Å². The second-order valence-electron chi connectivity index (χ2n) is 6.18. The molecule has 124 valence electrons. The van der Waals surface area contributed by atoms with Gasteiger partial charge in [0.1, 0.15) is 17.3 Å². The van der Waals surface area contributed by atoms with Gasteiger partial charge in [0, 0.05) is 11.6 Å². The lowest BCUT2D eigenvalue weighted by atomic mass is 10.1. The van der Waals surface area contributed by atoms with E-state index in [9.17, 15) is 0 Å². The first-order chi connectivity index (χ1) is 11.3. The summed E-state index contributed by atoms with van der Waals surface area (Å²) in [5.41, 5.74) is 0.969. The molecule has 0 amide bonds. The molecular weight excluding hydrogens is 310 g/mol. The maximum atomic E-state index is 6.19. The molecule has 0 aliphatic heterocycles. The van der Waals surface area contributed by atoms with Crippen molar-refractivity contribution >= 4 is 11.6 Å². The Labute approximate surface area is 143 Å². The van der Waals surface area contributed by atoms with Crippen LogP contribution in [-0.2, 0) is 6.54 Å². The van der Waals surface area contributed by atoms with Crippen LogP contribution in [0.15, 0.2) is 34.7 Å². The molecule has 1 aromatic carbocycles. The highest BCUT2D eigenvalue weighted by Crippen LogP contribution is 2.31. The van der Waals surface area contributed by atoms with Gasteiger partial charge in [-0.05, 0) is 43.2 Å². The number of nitrogens with one attached hydrogen (secondary N) is 1. The van der Waals surface area contributed by atoms with E-state index in [2.05, 4.69) is 5.32 Å². The van der Waals surface area contributed by atoms with E-state index < -0.39 is 0 Å². The Morgan fingerprint density at radius 3 is 2.61 bits per heavy atom. The molecule has 1 heterocycles. The van der Waals surface area contributed by atoms with Gasteiger partial charge >= 0.3 is 0 Å². The summed E-state index contributed by atoms with van der Waals surface area (Å²) in [6, 6.07) is 10.4. The van der Waals surface area contributed by atoms with Crippen LogP contribution >= 0.6 is 11.6 Å². The summed E-state index contributed by atoms with van der Waals surface area (Å²) in [6.07, 6.45) is 7.99. The molecule has 0 spiro atoms. The molecule has 1 aliphatic carbocycles. The summed E-state index contributed by atoms with van der Waals surface area (Å²) in [5.74, 6) is 2.49. The van der Waals surface area contributed by atoms with Gasteiger partial charge in [0.05, 0.1) is 18.7 Å². The highest BCUT2D eigenvalue weighted by atomic mass is 35.5. The lowest BCUT2D eigenvalue weighted by Crippen LogP contribution is -2.27. The molecule has 0 unspecified atom stereocenters. The van der Waals surface area contributed by atoms with Crippen LogP contribution in [0.3, 0.4) is 0 Å². The second-order valence-corrected chi connectivity index (χ2v) is 6.59. The van der Waals surface area contributed by atoms with Gasteiger partial charge in [0.25, 0.3) is 0 Å². The van der Waals surface area contributed by atoms with Gasteiger partial charge in [-0.25, -0.2) is 0 Å². The van der Waals surface area contributed by atoms with E-state index in [1.54, 1.807) is 7.11 Å². The zero-order valence-corrected chi connectivity index (χ0v) is 14.4. The molecule has 1 N–H and O–H groups in total. The van der Waals surface area contributed by atoms with Crippen LogP contribution in [0.2, 0.25) is 5.02 Å². The quantitative estimate of drug-likeness (QED) is 0.742. The molecule has 0 radical (unpaired) electrons. The largest absolute Gasteiger partial charge is 0.495 e. The van der Waals surface area contributed by atoms with Crippen LogP contribution in [0.4, 0.5) is 0 Å². The van der Waals surface area contributed by atoms with Crippen molar-refractivity contribution in [1.29, 1.82) is 0 Å². The average molecular weight is 334 g/mol. The fraction of sp³-hybridized carbons (Fsp3) is 0.474. The van der Waals surface area contributed by atoms with E-state index in [0.717, 1.165) is 23.6 Å². The third kappa shape index (κ3) is 4.30. The number of hydrogen-bond donors (Lipinski definition) is 1. The standard InChI is InChI=1S/C19H24ClNO2/c1-22-19-10-8-14(12-17(19)20)18-11-9-16(23-18)13-21-15-6-4-2-3-5-7-15/h8-12,15,21H,2-7,13H2,1H3. The molecular formula is C19H24ClNO2. The molecule has 23 heavy (non-hydrogen) atoms.